The first kappa shape index (κ1) is 13.8. The van der Waals surface area contributed by atoms with E-state index in [1.165, 1.54) is 6.20 Å². The minimum Gasteiger partial charge on any atom is -0.461 e. The van der Waals surface area contributed by atoms with E-state index in [1.807, 2.05) is 0 Å². The summed E-state index contributed by atoms with van der Waals surface area (Å²) in [5.41, 5.74) is 1.07. The lowest BCUT2D eigenvalue weighted by Gasteiger charge is -2.05. The van der Waals surface area contributed by atoms with Crippen LogP contribution in [0.1, 0.15) is 17.4 Å². The normalized spacial score (nSPS) is 10.9. The second kappa shape index (κ2) is 7.10. The Hall–Kier alpha value is -2.31. The Labute approximate surface area is 106 Å². The maximum Gasteiger partial charge on any atom is 0.360 e. The topological polar surface area (TPSA) is 81.1 Å². The van der Waals surface area contributed by atoms with Gasteiger partial charge < -0.3 is 15.4 Å². The minimum absolute atomic E-state index is 0.198. The van der Waals surface area contributed by atoms with Gasteiger partial charge in [-0.1, -0.05) is 11.8 Å². The molecule has 7 nitrogen and oxygen atoms in total. The molecule has 1 aromatic heterocycles. The molecule has 0 bridgehead atoms. The molecule has 18 heavy (non-hydrogen) atoms. The molecule has 1 aromatic rings. The van der Waals surface area contributed by atoms with Crippen LogP contribution < -0.4 is 10.6 Å². The molecule has 0 amide bonds. The van der Waals surface area contributed by atoms with Crippen molar-refractivity contribution in [3.63, 3.8) is 0 Å². The number of nitrogens with one attached hydrogen (secondary N) is 2. The second-order valence-corrected chi connectivity index (χ2v) is 3.31. The van der Waals surface area contributed by atoms with Gasteiger partial charge in [0.25, 0.3) is 0 Å². The molecule has 0 spiro atoms. The van der Waals surface area contributed by atoms with Crippen molar-refractivity contribution in [3.05, 3.63) is 36.6 Å². The maximum absolute atomic E-state index is 11.4. The fourth-order valence-corrected chi connectivity index (χ4v) is 1.21. The number of carbonyl (C=O) groups excluding carboxylic acids is 1. The lowest BCUT2D eigenvalue weighted by molar-refractivity contribution is 0.0519. The highest BCUT2D eigenvalue weighted by Crippen LogP contribution is 1.99. The number of hydrogen-bond acceptors (Lipinski definition) is 6. The number of aromatic nitrogens is 3. The van der Waals surface area contributed by atoms with E-state index in [1.54, 1.807) is 31.1 Å². The molecule has 0 aliphatic carbocycles. The highest BCUT2D eigenvalue weighted by atomic mass is 16.5. The van der Waals surface area contributed by atoms with Crippen LogP contribution in [-0.4, -0.2) is 34.6 Å². The van der Waals surface area contributed by atoms with Crippen LogP contribution in [0.25, 0.3) is 0 Å². The molecule has 0 saturated carbocycles. The van der Waals surface area contributed by atoms with Crippen LogP contribution in [-0.2, 0) is 11.3 Å². The highest BCUT2D eigenvalue weighted by Gasteiger charge is 2.11. The Balaban J connectivity index is 2.68. The first-order valence-corrected chi connectivity index (χ1v) is 5.52. The molecular formula is C11H17N5O2. The second-order valence-electron chi connectivity index (χ2n) is 3.31. The van der Waals surface area contributed by atoms with E-state index >= 15 is 0 Å². The molecule has 0 aliphatic heterocycles. The van der Waals surface area contributed by atoms with E-state index in [-0.39, 0.29) is 5.69 Å². The molecule has 2 N–H and O–H groups in total. The van der Waals surface area contributed by atoms with Gasteiger partial charge in [-0.25, -0.2) is 9.48 Å². The van der Waals surface area contributed by atoms with Crippen molar-refractivity contribution in [3.8, 4) is 0 Å². The third-order valence-corrected chi connectivity index (χ3v) is 2.05. The number of hydrogen-bond donors (Lipinski definition) is 2. The SMILES string of the molecule is C=CN/C=C(/Cn1cc(C(=O)OCC)nn1)NC. The number of esters is 1. The van der Waals surface area contributed by atoms with Crippen LogP contribution in [0.15, 0.2) is 30.9 Å². The Morgan fingerprint density at radius 3 is 3.06 bits per heavy atom. The number of rotatable bonds is 7. The van der Waals surface area contributed by atoms with Crippen molar-refractivity contribution in [2.24, 2.45) is 0 Å². The van der Waals surface area contributed by atoms with Gasteiger partial charge in [0.15, 0.2) is 5.69 Å². The van der Waals surface area contributed by atoms with Gasteiger partial charge >= 0.3 is 5.97 Å². The van der Waals surface area contributed by atoms with Crippen molar-refractivity contribution < 1.29 is 9.53 Å². The summed E-state index contributed by atoms with van der Waals surface area (Å²) in [7, 11) is 1.79. The van der Waals surface area contributed by atoms with Crippen molar-refractivity contribution in [1.29, 1.82) is 0 Å². The van der Waals surface area contributed by atoms with Gasteiger partial charge in [0.1, 0.15) is 0 Å². The van der Waals surface area contributed by atoms with Crippen molar-refractivity contribution in [2.75, 3.05) is 13.7 Å². The van der Waals surface area contributed by atoms with Crippen molar-refractivity contribution >= 4 is 5.97 Å². The average molecular weight is 251 g/mol. The summed E-state index contributed by atoms with van der Waals surface area (Å²) in [6.07, 6.45) is 4.85. The Morgan fingerprint density at radius 1 is 1.67 bits per heavy atom. The average Bonchev–Trinajstić information content (AvgIpc) is 2.83. The summed E-state index contributed by atoms with van der Waals surface area (Å²) in [4.78, 5) is 11.4. The third-order valence-electron chi connectivity index (χ3n) is 2.05. The summed E-state index contributed by atoms with van der Waals surface area (Å²) in [5.74, 6) is -0.469. The lowest BCUT2D eigenvalue weighted by atomic mass is 10.4. The zero-order valence-corrected chi connectivity index (χ0v) is 10.5. The van der Waals surface area contributed by atoms with Crippen LogP contribution in [0.4, 0.5) is 0 Å². The van der Waals surface area contributed by atoms with Crippen LogP contribution >= 0.6 is 0 Å². The zero-order valence-electron chi connectivity index (χ0n) is 10.5. The van der Waals surface area contributed by atoms with E-state index in [4.69, 9.17) is 4.74 Å². The third kappa shape index (κ3) is 3.93. The van der Waals surface area contributed by atoms with E-state index < -0.39 is 5.97 Å². The van der Waals surface area contributed by atoms with Gasteiger partial charge in [-0.2, -0.15) is 0 Å². The van der Waals surface area contributed by atoms with Crippen LogP contribution in [0.5, 0.6) is 0 Å². The number of likely N-dealkylation sites (N-methyl/N-ethyl adjacent to an activating group) is 1. The molecule has 0 saturated heterocycles. The number of nitrogens with zero attached hydrogens (tertiary/aromatic N) is 3. The molecule has 1 rings (SSSR count). The van der Waals surface area contributed by atoms with Gasteiger partial charge in [-0.3, -0.25) is 0 Å². The van der Waals surface area contributed by atoms with E-state index in [0.717, 1.165) is 5.70 Å². The van der Waals surface area contributed by atoms with Gasteiger partial charge in [-0.15, -0.1) is 5.10 Å². The summed E-state index contributed by atoms with van der Waals surface area (Å²) in [6, 6.07) is 0. The van der Waals surface area contributed by atoms with Crippen LogP contribution in [0.2, 0.25) is 0 Å². The Bertz CT molecular complexity index is 438. The van der Waals surface area contributed by atoms with Gasteiger partial charge in [0.2, 0.25) is 0 Å². The van der Waals surface area contributed by atoms with Crippen molar-refractivity contribution in [1.82, 2.24) is 25.6 Å². The number of ether oxygens (including phenoxy) is 1. The van der Waals surface area contributed by atoms with Gasteiger partial charge in [0, 0.05) is 18.9 Å². The fourth-order valence-electron chi connectivity index (χ4n) is 1.21. The molecule has 0 atom stereocenters. The highest BCUT2D eigenvalue weighted by molar-refractivity contribution is 5.86. The molecule has 7 heteroatoms. The monoisotopic (exact) mass is 251 g/mol. The quantitative estimate of drug-likeness (QED) is 0.676. The van der Waals surface area contributed by atoms with Crippen LogP contribution in [0, 0.1) is 0 Å². The summed E-state index contributed by atoms with van der Waals surface area (Å²) >= 11 is 0. The summed E-state index contributed by atoms with van der Waals surface area (Å²) in [5, 5.41) is 13.4. The van der Waals surface area contributed by atoms with Crippen LogP contribution in [0.3, 0.4) is 0 Å². The maximum atomic E-state index is 11.4. The van der Waals surface area contributed by atoms with Gasteiger partial charge in [-0.05, 0) is 13.1 Å². The van der Waals surface area contributed by atoms with E-state index in [2.05, 4.69) is 27.5 Å². The molecular weight excluding hydrogens is 234 g/mol. The molecule has 0 aromatic carbocycles. The van der Waals surface area contributed by atoms with Gasteiger partial charge in [0.05, 0.1) is 19.3 Å². The first-order valence-electron chi connectivity index (χ1n) is 5.52. The smallest absolute Gasteiger partial charge is 0.360 e. The number of allylic oxidation sites excluding steroid dienone is 1. The molecule has 0 aliphatic rings. The predicted octanol–water partition coefficient (Wildman–Crippen LogP) is 0.249. The largest absolute Gasteiger partial charge is 0.461 e. The summed E-state index contributed by atoms with van der Waals surface area (Å²) < 4.78 is 6.37. The predicted molar refractivity (Wildman–Crippen MR) is 66.5 cm³/mol. The number of carbonyl (C=O) groups is 1. The summed E-state index contributed by atoms with van der Waals surface area (Å²) in [6.45, 7) is 6.06. The Kier molecular flexibility index (Phi) is 5.43. The molecule has 0 radical (unpaired) electrons. The van der Waals surface area contributed by atoms with Crippen molar-refractivity contribution in [2.45, 2.75) is 13.5 Å². The zero-order chi connectivity index (χ0) is 13.4. The van der Waals surface area contributed by atoms with E-state index in [0.29, 0.717) is 13.2 Å². The Morgan fingerprint density at radius 2 is 2.44 bits per heavy atom. The lowest BCUT2D eigenvalue weighted by Crippen LogP contribution is -2.16. The minimum atomic E-state index is -0.469. The fraction of sp³-hybridized carbons (Fsp3) is 0.364. The first-order chi connectivity index (χ1) is 8.71. The molecule has 1 heterocycles. The van der Waals surface area contributed by atoms with E-state index in [9.17, 15) is 4.79 Å². The molecule has 98 valence electrons. The molecule has 0 unspecified atom stereocenters. The molecule has 0 fully saturated rings. The standard InChI is InChI=1S/C11H17N5O2/c1-4-13-6-9(12-3)7-16-8-10(14-15-16)11(17)18-5-2/h4,6,8,12-13H,1,5,7H2,2-3H3/b9-6-.